The Labute approximate surface area is 160 Å². The lowest BCUT2D eigenvalue weighted by molar-refractivity contribution is 0.643. The third-order valence-corrected chi connectivity index (χ3v) is 7.50. The van der Waals surface area contributed by atoms with Crippen LogP contribution in [0.1, 0.15) is 5.56 Å². The van der Waals surface area contributed by atoms with Gasteiger partial charge in [-0.05, 0) is 27.6 Å². The maximum atomic E-state index is 9.85. The summed E-state index contributed by atoms with van der Waals surface area (Å²) in [4.78, 5) is 7.66. The van der Waals surface area contributed by atoms with Crippen LogP contribution in [0.25, 0.3) is 21.2 Å². The molecule has 26 heavy (non-hydrogen) atoms. The minimum Gasteiger partial charge on any atom is -0.369 e. The molecule has 0 aliphatic heterocycles. The van der Waals surface area contributed by atoms with E-state index in [1.807, 2.05) is 19.0 Å². The monoisotopic (exact) mass is 377 g/mol. The maximum Gasteiger partial charge on any atom is 0.136 e. The number of hydrogen-bond acceptors (Lipinski definition) is 3. The lowest BCUT2D eigenvalue weighted by atomic mass is 10.1. The highest BCUT2D eigenvalue weighted by molar-refractivity contribution is 7.22. The lowest BCUT2D eigenvalue weighted by Gasteiger charge is -2.18. The van der Waals surface area contributed by atoms with Crippen LogP contribution in [0, 0.1) is 11.3 Å². The molecule has 0 amide bonds. The first kappa shape index (κ1) is 18.4. The van der Waals surface area contributed by atoms with Gasteiger partial charge in [0.05, 0.1) is 20.0 Å². The third-order valence-electron chi connectivity index (χ3n) is 4.17. The average molecular weight is 378 g/mol. The van der Waals surface area contributed by atoms with E-state index in [0.29, 0.717) is 0 Å². The molecule has 0 saturated heterocycles. The zero-order chi connectivity index (χ0) is 18.9. The molecule has 1 aromatic heterocycles. The fourth-order valence-corrected chi connectivity index (χ4v) is 6.94. The molecule has 0 saturated carbocycles. The quantitative estimate of drug-likeness (QED) is 0.356. The molecule has 0 spiro atoms. The van der Waals surface area contributed by atoms with Crippen molar-refractivity contribution < 1.29 is 0 Å². The number of nitriles is 1. The highest BCUT2D eigenvalue weighted by Gasteiger charge is 2.29. The van der Waals surface area contributed by atoms with Crippen LogP contribution in [0.5, 0.6) is 0 Å². The smallest absolute Gasteiger partial charge is 0.136 e. The number of thiophene rings is 1. The van der Waals surface area contributed by atoms with E-state index in [1.54, 1.807) is 17.7 Å². The highest BCUT2D eigenvalue weighted by Crippen LogP contribution is 2.38. The van der Waals surface area contributed by atoms with Gasteiger partial charge in [0.1, 0.15) is 11.1 Å². The number of nitrogens with zero attached hydrogens (tertiary/aromatic N) is 3. The van der Waals surface area contributed by atoms with Crippen LogP contribution in [0.2, 0.25) is 19.6 Å². The molecule has 0 N–H and O–H groups in total. The molecule has 3 aromatic rings. The number of rotatable bonds is 4. The molecular weight excluding hydrogens is 354 g/mol. The van der Waals surface area contributed by atoms with E-state index in [2.05, 4.69) is 73.2 Å². The number of benzene rings is 2. The zero-order valence-electron chi connectivity index (χ0n) is 15.9. The van der Waals surface area contributed by atoms with Crippen molar-refractivity contribution in [2.75, 3.05) is 14.1 Å². The lowest BCUT2D eigenvalue weighted by Crippen LogP contribution is -2.39. The Balaban J connectivity index is 2.26. The van der Waals surface area contributed by atoms with Gasteiger partial charge in [0, 0.05) is 19.0 Å². The summed E-state index contributed by atoms with van der Waals surface area (Å²) in [6.07, 6.45) is 1.77. The van der Waals surface area contributed by atoms with E-state index in [-0.39, 0.29) is 0 Å². The van der Waals surface area contributed by atoms with E-state index in [0.717, 1.165) is 10.6 Å². The largest absolute Gasteiger partial charge is 0.369 e. The molecule has 5 heteroatoms. The van der Waals surface area contributed by atoms with Crippen LogP contribution < -0.4 is 5.19 Å². The predicted octanol–water partition coefficient (Wildman–Crippen LogP) is 5.21. The average Bonchev–Trinajstić information content (AvgIpc) is 2.98. The molecule has 0 unspecified atom stereocenters. The first-order valence-corrected chi connectivity index (χ1v) is 12.9. The fourth-order valence-electron chi connectivity index (χ4n) is 3.03. The van der Waals surface area contributed by atoms with Crippen molar-refractivity contribution in [1.29, 1.82) is 5.26 Å². The van der Waals surface area contributed by atoms with Crippen molar-refractivity contribution in [3.05, 3.63) is 48.0 Å². The number of aliphatic imine (C=N–C) groups is 1. The maximum absolute atomic E-state index is 9.85. The van der Waals surface area contributed by atoms with E-state index in [9.17, 15) is 5.26 Å². The van der Waals surface area contributed by atoms with E-state index in [4.69, 9.17) is 0 Å². The van der Waals surface area contributed by atoms with Crippen molar-refractivity contribution in [2.45, 2.75) is 19.6 Å². The fraction of sp³-hybridized carbons (Fsp3) is 0.238. The van der Waals surface area contributed by atoms with Gasteiger partial charge in [0.2, 0.25) is 0 Å². The molecule has 0 aliphatic rings. The van der Waals surface area contributed by atoms with Crippen molar-refractivity contribution in [3.8, 4) is 16.5 Å². The highest BCUT2D eigenvalue weighted by atomic mass is 32.1. The normalized spacial score (nSPS) is 11.8. The number of hydrogen-bond donors (Lipinski definition) is 0. The molecule has 0 aliphatic carbocycles. The van der Waals surface area contributed by atoms with Gasteiger partial charge in [0.15, 0.2) is 0 Å². The summed E-state index contributed by atoms with van der Waals surface area (Å²) in [6.45, 7) is 6.87. The van der Waals surface area contributed by atoms with E-state index in [1.165, 1.54) is 26.4 Å². The molecule has 0 fully saturated rings. The van der Waals surface area contributed by atoms with Gasteiger partial charge in [-0.1, -0.05) is 56.0 Å². The summed E-state index contributed by atoms with van der Waals surface area (Å²) < 4.78 is 0. The van der Waals surface area contributed by atoms with E-state index >= 15 is 0 Å². The second kappa shape index (κ2) is 7.06. The van der Waals surface area contributed by atoms with Crippen LogP contribution in [0.3, 0.4) is 0 Å². The molecule has 1 heterocycles. The third kappa shape index (κ3) is 3.57. The Kier molecular flexibility index (Phi) is 4.99. The van der Waals surface area contributed by atoms with Crippen molar-refractivity contribution in [1.82, 2.24) is 4.90 Å². The Morgan fingerprint density at radius 2 is 1.77 bits per heavy atom. The van der Waals surface area contributed by atoms with Crippen LogP contribution in [0.4, 0.5) is 5.00 Å². The van der Waals surface area contributed by atoms with Gasteiger partial charge in [-0.3, -0.25) is 0 Å². The second-order valence-corrected chi connectivity index (χ2v) is 13.6. The molecule has 3 nitrogen and oxygen atoms in total. The van der Waals surface area contributed by atoms with Crippen LogP contribution in [-0.4, -0.2) is 33.4 Å². The van der Waals surface area contributed by atoms with Crippen LogP contribution in [0.15, 0.2) is 47.5 Å². The molecule has 0 atom stereocenters. The van der Waals surface area contributed by atoms with Gasteiger partial charge in [-0.25, -0.2) is 4.99 Å². The van der Waals surface area contributed by atoms with Gasteiger partial charge in [0.25, 0.3) is 0 Å². The minimum absolute atomic E-state index is 0.746. The molecule has 0 bridgehead atoms. The van der Waals surface area contributed by atoms with Gasteiger partial charge < -0.3 is 4.90 Å². The predicted molar refractivity (Wildman–Crippen MR) is 117 cm³/mol. The zero-order valence-corrected chi connectivity index (χ0v) is 17.7. The summed E-state index contributed by atoms with van der Waals surface area (Å²) in [5, 5.41) is 14.3. The SMILES string of the molecule is CN(C)C=Nc1sc(-c2ccc3ccccc3c2)c([Si](C)(C)C)c1C#N. The molecule has 2 aromatic carbocycles. The van der Waals surface area contributed by atoms with Crippen LogP contribution >= 0.6 is 11.3 Å². The number of fused-ring (bicyclic) bond motifs is 1. The minimum atomic E-state index is -1.73. The summed E-state index contributed by atoms with van der Waals surface area (Å²) in [5.74, 6) is 0. The summed E-state index contributed by atoms with van der Waals surface area (Å²) in [6, 6.07) is 17.4. The summed E-state index contributed by atoms with van der Waals surface area (Å²) in [5.41, 5.74) is 1.92. The molecular formula is C21H23N3SSi. The Morgan fingerprint density at radius 1 is 1.08 bits per heavy atom. The first-order chi connectivity index (χ1) is 12.3. The summed E-state index contributed by atoms with van der Waals surface area (Å²) in [7, 11) is 2.15. The van der Waals surface area contributed by atoms with Gasteiger partial charge in [-0.15, -0.1) is 11.3 Å². The Bertz CT molecular complexity index is 1020. The standard InChI is InChI=1S/C21H23N3SSi/c1-24(2)14-23-21-18(13-22)20(26(3,4)5)19(25-21)17-11-10-15-8-6-7-9-16(15)12-17/h6-12,14H,1-5H3. The van der Waals surface area contributed by atoms with Crippen molar-refractivity contribution in [2.24, 2.45) is 4.99 Å². The molecule has 132 valence electrons. The van der Waals surface area contributed by atoms with Crippen molar-refractivity contribution >= 4 is 46.7 Å². The van der Waals surface area contributed by atoms with Gasteiger partial charge in [-0.2, -0.15) is 5.26 Å². The summed E-state index contributed by atoms with van der Waals surface area (Å²) >= 11 is 1.63. The van der Waals surface area contributed by atoms with Crippen LogP contribution in [-0.2, 0) is 0 Å². The van der Waals surface area contributed by atoms with Gasteiger partial charge >= 0.3 is 0 Å². The second-order valence-electron chi connectivity index (χ2n) is 7.62. The molecule has 0 radical (unpaired) electrons. The Hall–Kier alpha value is -2.42. The van der Waals surface area contributed by atoms with E-state index < -0.39 is 8.07 Å². The Morgan fingerprint density at radius 3 is 2.38 bits per heavy atom. The first-order valence-electron chi connectivity index (χ1n) is 8.58. The molecule has 3 rings (SSSR count). The topological polar surface area (TPSA) is 39.4 Å². The van der Waals surface area contributed by atoms with Crippen molar-refractivity contribution in [3.63, 3.8) is 0 Å².